The highest BCUT2D eigenvalue weighted by Crippen LogP contribution is 2.23. The Bertz CT molecular complexity index is 421. The zero-order valence-electron chi connectivity index (χ0n) is 14.7. The van der Waals surface area contributed by atoms with E-state index in [1.54, 1.807) is 0 Å². The molecule has 0 aliphatic carbocycles. The van der Waals surface area contributed by atoms with E-state index in [4.69, 9.17) is 4.74 Å². The summed E-state index contributed by atoms with van der Waals surface area (Å²) in [5.41, 5.74) is 1.61. The Labute approximate surface area is 134 Å². The van der Waals surface area contributed by atoms with E-state index in [9.17, 15) is 0 Å². The van der Waals surface area contributed by atoms with Crippen molar-refractivity contribution in [2.45, 2.75) is 66.3 Å². The zero-order chi connectivity index (χ0) is 16.0. The first-order valence-corrected chi connectivity index (χ1v) is 8.62. The molecular weight excluding hydrogens is 280 g/mol. The first-order valence-electron chi connectivity index (χ1n) is 7.81. The quantitative estimate of drug-likeness (QED) is 0.790. The highest BCUT2D eigenvalue weighted by Gasteiger charge is 2.12. The summed E-state index contributed by atoms with van der Waals surface area (Å²) >= 11 is 1.91. The first kappa shape index (κ1) is 18.6. The van der Waals surface area contributed by atoms with E-state index in [1.807, 2.05) is 11.3 Å². The molecule has 3 nitrogen and oxygen atoms in total. The smallest absolute Gasteiger partial charge is 0.0596 e. The third-order valence-corrected chi connectivity index (χ3v) is 4.32. The van der Waals surface area contributed by atoms with Gasteiger partial charge in [0, 0.05) is 34.9 Å². The van der Waals surface area contributed by atoms with Gasteiger partial charge in [-0.25, -0.2) is 0 Å². The standard InChI is InChI=1S/C17H32N2OS/c1-13(2)20-9-8-19(7)12-15-10-16(21-14(15)3)11-18-17(4,5)6/h10,13,18H,8-9,11-12H2,1-7H3. The molecule has 1 heterocycles. The lowest BCUT2D eigenvalue weighted by molar-refractivity contribution is 0.0627. The van der Waals surface area contributed by atoms with E-state index < -0.39 is 0 Å². The second-order valence-electron chi connectivity index (χ2n) is 7.06. The average Bonchev–Trinajstić information content (AvgIpc) is 2.66. The van der Waals surface area contributed by atoms with Gasteiger partial charge in [0.1, 0.15) is 0 Å². The summed E-state index contributed by atoms with van der Waals surface area (Å²) < 4.78 is 5.61. The molecule has 0 aliphatic rings. The van der Waals surface area contributed by atoms with E-state index in [1.165, 1.54) is 15.3 Å². The van der Waals surface area contributed by atoms with Gasteiger partial charge >= 0.3 is 0 Å². The summed E-state index contributed by atoms with van der Waals surface area (Å²) in [7, 11) is 2.16. The molecule has 0 saturated carbocycles. The fourth-order valence-electron chi connectivity index (χ4n) is 2.00. The van der Waals surface area contributed by atoms with Gasteiger partial charge in [0.05, 0.1) is 12.7 Å². The van der Waals surface area contributed by atoms with Crippen LogP contribution in [0.4, 0.5) is 0 Å². The lowest BCUT2D eigenvalue weighted by atomic mass is 10.1. The maximum Gasteiger partial charge on any atom is 0.0596 e. The maximum atomic E-state index is 5.61. The Morgan fingerprint density at radius 1 is 1.33 bits per heavy atom. The minimum atomic E-state index is 0.170. The number of hydrogen-bond donors (Lipinski definition) is 1. The molecule has 0 spiro atoms. The average molecular weight is 313 g/mol. The first-order chi connectivity index (χ1) is 9.67. The molecule has 122 valence electrons. The van der Waals surface area contributed by atoms with Crippen LogP contribution in [0.2, 0.25) is 0 Å². The van der Waals surface area contributed by atoms with Gasteiger partial charge in [0.25, 0.3) is 0 Å². The number of aryl methyl sites for hydroxylation is 1. The summed E-state index contributed by atoms with van der Waals surface area (Å²) in [6.07, 6.45) is 0.316. The summed E-state index contributed by atoms with van der Waals surface area (Å²) in [6, 6.07) is 2.35. The van der Waals surface area contributed by atoms with Crippen LogP contribution in [0.5, 0.6) is 0 Å². The predicted octanol–water partition coefficient (Wildman–Crippen LogP) is 3.80. The van der Waals surface area contributed by atoms with E-state index >= 15 is 0 Å². The monoisotopic (exact) mass is 312 g/mol. The number of ether oxygens (including phenoxy) is 1. The van der Waals surface area contributed by atoms with Crippen LogP contribution >= 0.6 is 11.3 Å². The molecule has 1 rings (SSSR count). The molecule has 0 bridgehead atoms. The van der Waals surface area contributed by atoms with Gasteiger partial charge < -0.3 is 10.1 Å². The number of likely N-dealkylation sites (N-methyl/N-ethyl adjacent to an activating group) is 1. The fourth-order valence-corrected chi connectivity index (χ4v) is 2.99. The van der Waals surface area contributed by atoms with Crippen molar-refractivity contribution < 1.29 is 4.74 Å². The summed E-state index contributed by atoms with van der Waals surface area (Å²) in [4.78, 5) is 5.18. The van der Waals surface area contributed by atoms with Crippen molar-refractivity contribution in [3.8, 4) is 0 Å². The summed E-state index contributed by atoms with van der Waals surface area (Å²) in [6.45, 7) is 16.7. The van der Waals surface area contributed by atoms with Crippen LogP contribution in [0.1, 0.15) is 49.9 Å². The molecule has 1 N–H and O–H groups in total. The SMILES string of the molecule is Cc1sc(CNC(C)(C)C)cc1CN(C)CCOC(C)C. The summed E-state index contributed by atoms with van der Waals surface area (Å²) in [5.74, 6) is 0. The minimum Gasteiger partial charge on any atom is -0.377 e. The molecule has 0 saturated heterocycles. The van der Waals surface area contributed by atoms with Gasteiger partial charge in [0.15, 0.2) is 0 Å². The van der Waals surface area contributed by atoms with E-state index in [0.29, 0.717) is 6.10 Å². The maximum absolute atomic E-state index is 5.61. The van der Waals surface area contributed by atoms with Crippen molar-refractivity contribution in [3.05, 3.63) is 21.4 Å². The Kier molecular flexibility index (Phi) is 7.34. The molecule has 0 atom stereocenters. The van der Waals surface area contributed by atoms with Crippen LogP contribution in [0.3, 0.4) is 0 Å². The topological polar surface area (TPSA) is 24.5 Å². The van der Waals surface area contributed by atoms with Gasteiger partial charge in [0.2, 0.25) is 0 Å². The molecule has 0 unspecified atom stereocenters. The molecule has 1 aromatic rings. The molecule has 4 heteroatoms. The Hall–Kier alpha value is -0.420. The van der Waals surface area contributed by atoms with Gasteiger partial charge in [-0.05, 0) is 60.2 Å². The van der Waals surface area contributed by atoms with E-state index in [-0.39, 0.29) is 5.54 Å². The molecule has 0 fully saturated rings. The molecule has 1 aromatic heterocycles. The third-order valence-electron chi connectivity index (χ3n) is 3.23. The number of thiophene rings is 1. The summed E-state index contributed by atoms with van der Waals surface area (Å²) in [5, 5.41) is 3.56. The van der Waals surface area contributed by atoms with Crippen molar-refractivity contribution in [3.63, 3.8) is 0 Å². The second kappa shape index (κ2) is 8.28. The molecule has 0 aromatic carbocycles. The van der Waals surface area contributed by atoms with Crippen LogP contribution in [0, 0.1) is 6.92 Å². The number of nitrogens with one attached hydrogen (secondary N) is 1. The molecule has 21 heavy (non-hydrogen) atoms. The van der Waals surface area contributed by atoms with Crippen molar-refractivity contribution in [2.75, 3.05) is 20.2 Å². The van der Waals surface area contributed by atoms with E-state index in [0.717, 1.165) is 26.2 Å². The third kappa shape index (κ3) is 7.96. The Morgan fingerprint density at radius 2 is 2.00 bits per heavy atom. The zero-order valence-corrected chi connectivity index (χ0v) is 15.6. The highest BCUT2D eigenvalue weighted by molar-refractivity contribution is 7.12. The Morgan fingerprint density at radius 3 is 2.57 bits per heavy atom. The van der Waals surface area contributed by atoms with E-state index in [2.05, 4.69) is 64.9 Å². The van der Waals surface area contributed by atoms with Crippen LogP contribution in [-0.4, -0.2) is 36.7 Å². The van der Waals surface area contributed by atoms with Crippen LogP contribution in [0.25, 0.3) is 0 Å². The lowest BCUT2D eigenvalue weighted by Crippen LogP contribution is -2.34. The van der Waals surface area contributed by atoms with Gasteiger partial charge in [-0.2, -0.15) is 0 Å². The van der Waals surface area contributed by atoms with Crippen LogP contribution < -0.4 is 5.32 Å². The molecular formula is C17H32N2OS. The normalized spacial score (nSPS) is 12.6. The molecule has 0 radical (unpaired) electrons. The van der Waals surface area contributed by atoms with Crippen molar-refractivity contribution in [1.82, 2.24) is 10.2 Å². The Balaban J connectivity index is 2.46. The number of rotatable bonds is 8. The van der Waals surface area contributed by atoms with Crippen LogP contribution in [-0.2, 0) is 17.8 Å². The molecule has 0 amide bonds. The number of hydrogen-bond acceptors (Lipinski definition) is 4. The largest absolute Gasteiger partial charge is 0.377 e. The fraction of sp³-hybridized carbons (Fsp3) is 0.765. The van der Waals surface area contributed by atoms with Crippen molar-refractivity contribution >= 4 is 11.3 Å². The highest BCUT2D eigenvalue weighted by atomic mass is 32.1. The molecule has 0 aliphatic heterocycles. The van der Waals surface area contributed by atoms with Gasteiger partial charge in [-0.1, -0.05) is 0 Å². The predicted molar refractivity (Wildman–Crippen MR) is 93.1 cm³/mol. The minimum absolute atomic E-state index is 0.170. The van der Waals surface area contributed by atoms with Gasteiger partial charge in [-0.15, -0.1) is 11.3 Å². The number of nitrogens with zero attached hydrogens (tertiary/aromatic N) is 1. The lowest BCUT2D eigenvalue weighted by Gasteiger charge is -2.19. The van der Waals surface area contributed by atoms with Crippen molar-refractivity contribution in [1.29, 1.82) is 0 Å². The van der Waals surface area contributed by atoms with Crippen LogP contribution in [0.15, 0.2) is 6.07 Å². The van der Waals surface area contributed by atoms with Crippen molar-refractivity contribution in [2.24, 2.45) is 0 Å². The van der Waals surface area contributed by atoms with Gasteiger partial charge in [-0.3, -0.25) is 4.90 Å². The second-order valence-corrected chi connectivity index (χ2v) is 8.40.